The van der Waals surface area contributed by atoms with Crippen LogP contribution in [0, 0.1) is 44.8 Å². The van der Waals surface area contributed by atoms with Crippen LogP contribution >= 0.6 is 0 Å². The number of allylic oxidation sites excluding steroid dienone is 2. The Morgan fingerprint density at radius 3 is 2.21 bits per heavy atom. The van der Waals surface area contributed by atoms with Gasteiger partial charge in [-0.25, -0.2) is 0 Å². The van der Waals surface area contributed by atoms with E-state index in [9.17, 15) is 45.6 Å². The molecule has 5 aliphatic carbocycles. The van der Waals surface area contributed by atoms with Gasteiger partial charge in [0, 0.05) is 0 Å². The molecule has 13 heteroatoms. The molecule has 4 saturated carbocycles. The highest BCUT2D eigenvalue weighted by atomic mass is 16.8. The maximum Gasteiger partial charge on any atom is 0.310 e. The van der Waals surface area contributed by atoms with E-state index in [0.29, 0.717) is 38.0 Å². The summed E-state index contributed by atoms with van der Waals surface area (Å²) in [7, 11) is 0. The molecule has 53 heavy (non-hydrogen) atoms. The Morgan fingerprint density at radius 2 is 1.53 bits per heavy atom. The molecule has 2 aliphatic heterocycles. The molecular formula is C40H64O13. The van der Waals surface area contributed by atoms with Gasteiger partial charge in [0.2, 0.25) is 0 Å². The van der Waals surface area contributed by atoms with E-state index in [1.54, 1.807) is 0 Å². The van der Waals surface area contributed by atoms with Crippen molar-refractivity contribution < 1.29 is 64.6 Å². The van der Waals surface area contributed by atoms with Gasteiger partial charge in [0.1, 0.15) is 42.7 Å². The van der Waals surface area contributed by atoms with Crippen LogP contribution in [0.1, 0.15) is 106 Å². The minimum absolute atomic E-state index is 0.0789. The van der Waals surface area contributed by atoms with Gasteiger partial charge in [0.05, 0.1) is 30.3 Å². The molecule has 6 fully saturated rings. The molecule has 0 aromatic heterocycles. The fourth-order valence-electron chi connectivity index (χ4n) is 13.2. The fraction of sp³-hybridized carbons (Fsp3) is 0.925. The average molecular weight is 753 g/mol. The lowest BCUT2D eigenvalue weighted by Gasteiger charge is -2.71. The third-order valence-electron chi connectivity index (χ3n) is 16.6. The van der Waals surface area contributed by atoms with Crippen LogP contribution in [0.4, 0.5) is 0 Å². The van der Waals surface area contributed by atoms with E-state index >= 15 is 0 Å². The Bertz CT molecular complexity index is 1430. The van der Waals surface area contributed by atoms with Crippen LogP contribution in [0.2, 0.25) is 0 Å². The van der Waals surface area contributed by atoms with E-state index in [2.05, 4.69) is 40.7 Å². The van der Waals surface area contributed by atoms with Gasteiger partial charge in [-0.05, 0) is 111 Å². The molecule has 13 nitrogen and oxygen atoms in total. The topological polar surface area (TPSA) is 216 Å². The highest BCUT2D eigenvalue weighted by Gasteiger charge is 2.70. The molecule has 2 saturated heterocycles. The minimum Gasteiger partial charge on any atom is -0.481 e. The maximum atomic E-state index is 13.0. The molecule has 18 unspecified atom stereocenters. The van der Waals surface area contributed by atoms with Gasteiger partial charge in [-0.2, -0.15) is 0 Å². The van der Waals surface area contributed by atoms with E-state index in [4.69, 9.17) is 18.9 Å². The largest absolute Gasteiger partial charge is 0.481 e. The first-order chi connectivity index (χ1) is 24.7. The number of carboxylic acid groups (broad SMARTS) is 1. The van der Waals surface area contributed by atoms with Crippen molar-refractivity contribution in [3.05, 3.63) is 11.6 Å². The van der Waals surface area contributed by atoms with Crippen molar-refractivity contribution in [3.8, 4) is 0 Å². The monoisotopic (exact) mass is 752 g/mol. The van der Waals surface area contributed by atoms with Crippen LogP contribution in [0.3, 0.4) is 0 Å². The predicted octanol–water partition coefficient (Wildman–Crippen LogP) is 2.25. The Balaban J connectivity index is 1.15. The first-order valence-corrected chi connectivity index (χ1v) is 19.9. The highest BCUT2D eigenvalue weighted by molar-refractivity contribution is 5.76. The van der Waals surface area contributed by atoms with Gasteiger partial charge in [-0.1, -0.05) is 46.3 Å². The molecule has 18 atom stereocenters. The summed E-state index contributed by atoms with van der Waals surface area (Å²) in [5, 5.41) is 84.7. The zero-order chi connectivity index (χ0) is 38.7. The standard InChI is InChI=1S/C40H64O13/c1-35(2)24-9-12-39(6)25(8-7-20-21-17-36(3,49)13-15-40(21,34(47)48)16-14-38(20,39)5)37(24,4)11-10-26(35)52-33-31(29(45)28(44)23(18-41)51-33)53-32-30(46)27(43)22(42)19-50-32/h7,21-33,41-46,49H,8-19H2,1-6H3,(H,47,48). The van der Waals surface area contributed by atoms with Crippen molar-refractivity contribution >= 4 is 5.97 Å². The van der Waals surface area contributed by atoms with Crippen molar-refractivity contribution in [1.82, 2.24) is 0 Å². The van der Waals surface area contributed by atoms with E-state index in [0.717, 1.165) is 32.1 Å². The first-order valence-electron chi connectivity index (χ1n) is 19.9. The summed E-state index contributed by atoms with van der Waals surface area (Å²) in [6.45, 7) is 12.6. The number of aliphatic hydroxyl groups excluding tert-OH is 6. The summed E-state index contributed by atoms with van der Waals surface area (Å²) in [4.78, 5) is 13.0. The second kappa shape index (κ2) is 13.4. The zero-order valence-corrected chi connectivity index (χ0v) is 32.2. The number of carbonyl (C=O) groups is 1. The molecule has 0 amide bonds. The number of hydrogen-bond donors (Lipinski definition) is 8. The van der Waals surface area contributed by atoms with Gasteiger partial charge in [-0.3, -0.25) is 4.79 Å². The smallest absolute Gasteiger partial charge is 0.310 e. The molecule has 2 heterocycles. The van der Waals surface area contributed by atoms with Crippen molar-refractivity contribution in [2.45, 2.75) is 173 Å². The van der Waals surface area contributed by atoms with Crippen molar-refractivity contribution in [3.63, 3.8) is 0 Å². The summed E-state index contributed by atoms with van der Waals surface area (Å²) in [6, 6.07) is 0. The summed E-state index contributed by atoms with van der Waals surface area (Å²) in [5.74, 6) is -0.366. The molecule has 0 radical (unpaired) electrons. The van der Waals surface area contributed by atoms with Crippen LogP contribution in [0.25, 0.3) is 0 Å². The molecule has 302 valence electrons. The van der Waals surface area contributed by atoms with Gasteiger partial charge in [-0.15, -0.1) is 0 Å². The summed E-state index contributed by atoms with van der Waals surface area (Å²) in [5.41, 5.74) is -1.24. The first kappa shape index (κ1) is 40.0. The summed E-state index contributed by atoms with van der Waals surface area (Å²) in [6.07, 6.45) is -3.66. The lowest BCUT2D eigenvalue weighted by molar-refractivity contribution is -0.370. The maximum absolute atomic E-state index is 13.0. The van der Waals surface area contributed by atoms with Crippen LogP contribution < -0.4 is 0 Å². The Labute approximate surface area is 312 Å². The number of fused-ring (bicyclic) bond motifs is 7. The van der Waals surface area contributed by atoms with Crippen LogP contribution in [-0.2, 0) is 23.7 Å². The predicted molar refractivity (Wildman–Crippen MR) is 189 cm³/mol. The Kier molecular flexibility index (Phi) is 10.1. The van der Waals surface area contributed by atoms with Crippen LogP contribution in [0.5, 0.6) is 0 Å². The number of rotatable bonds is 6. The SMILES string of the molecule is CC1(O)CCC2(C(=O)O)CCC3(C)C(=CCC4C5(C)CCC(OC6OC(CO)C(O)C(O)C6OC6OCC(O)C(O)C6O)C(C)(C)C5CCC43C)C2C1. The molecule has 0 aromatic carbocycles. The van der Waals surface area contributed by atoms with Gasteiger partial charge >= 0.3 is 5.97 Å². The second-order valence-electron chi connectivity index (χ2n) is 19.6. The third-order valence-corrected chi connectivity index (χ3v) is 16.6. The molecule has 0 bridgehead atoms. The molecule has 8 N–H and O–H groups in total. The lowest BCUT2D eigenvalue weighted by Crippen LogP contribution is -2.66. The quantitative estimate of drug-likeness (QED) is 0.145. The van der Waals surface area contributed by atoms with Crippen molar-refractivity contribution in [2.75, 3.05) is 13.2 Å². The number of aliphatic carboxylic acids is 1. The van der Waals surface area contributed by atoms with Gasteiger partial charge in [0.25, 0.3) is 0 Å². The van der Waals surface area contributed by atoms with Gasteiger partial charge < -0.3 is 59.8 Å². The lowest BCUT2D eigenvalue weighted by atomic mass is 9.33. The normalized spacial score (nSPS) is 55.1. The van der Waals surface area contributed by atoms with Crippen molar-refractivity contribution in [1.29, 1.82) is 0 Å². The van der Waals surface area contributed by atoms with E-state index in [1.807, 2.05) is 6.92 Å². The number of ether oxygens (including phenoxy) is 4. The highest BCUT2D eigenvalue weighted by Crippen LogP contribution is 2.75. The number of carboxylic acids is 1. The molecule has 7 aliphatic rings. The molecule has 0 aromatic rings. The van der Waals surface area contributed by atoms with Crippen LogP contribution in [0.15, 0.2) is 11.6 Å². The zero-order valence-electron chi connectivity index (χ0n) is 32.2. The van der Waals surface area contributed by atoms with Crippen molar-refractivity contribution in [2.24, 2.45) is 44.8 Å². The van der Waals surface area contributed by atoms with Gasteiger partial charge in [0.15, 0.2) is 12.6 Å². The summed E-state index contributed by atoms with van der Waals surface area (Å²) >= 11 is 0. The summed E-state index contributed by atoms with van der Waals surface area (Å²) < 4.78 is 24.2. The minimum atomic E-state index is -1.63. The number of aliphatic hydroxyl groups is 7. The fourth-order valence-corrected chi connectivity index (χ4v) is 13.2. The Hall–Kier alpha value is -1.23. The second-order valence-corrected chi connectivity index (χ2v) is 19.6. The average Bonchev–Trinajstić information content (AvgIpc) is 3.08. The number of hydrogen-bond acceptors (Lipinski definition) is 12. The molecule has 7 rings (SSSR count). The third kappa shape index (κ3) is 5.92. The Morgan fingerprint density at radius 1 is 0.830 bits per heavy atom. The van der Waals surface area contributed by atoms with E-state index in [-0.39, 0.29) is 40.8 Å². The van der Waals surface area contributed by atoms with E-state index in [1.165, 1.54) is 5.57 Å². The van der Waals surface area contributed by atoms with Crippen LogP contribution in [-0.4, -0.2) is 127 Å². The van der Waals surface area contributed by atoms with E-state index < -0.39 is 84.3 Å². The molecule has 0 spiro atoms. The molecular weight excluding hydrogens is 688 g/mol.